The van der Waals surface area contributed by atoms with Gasteiger partial charge in [0.15, 0.2) is 0 Å². The highest BCUT2D eigenvalue weighted by atomic mass is 15.4. The smallest absolute Gasteiger partial charge is 0.0389 e. The van der Waals surface area contributed by atoms with Gasteiger partial charge in [0.25, 0.3) is 0 Å². The molecule has 1 heterocycles. The Morgan fingerprint density at radius 1 is 1.60 bits per heavy atom. The van der Waals surface area contributed by atoms with Crippen LogP contribution < -0.4 is 11.2 Å². The van der Waals surface area contributed by atoms with Gasteiger partial charge in [-0.2, -0.15) is 0 Å². The minimum absolute atomic E-state index is 0.522. The molecule has 1 aliphatic heterocycles. The molecule has 0 aromatic rings. The lowest BCUT2D eigenvalue weighted by atomic mass is 10.0. The second-order valence-electron chi connectivity index (χ2n) is 3.25. The number of piperazine rings is 1. The Kier molecular flexibility index (Phi) is 2.65. The SMILES string of the molecule is CC(C)C1CNCCN1N. The Morgan fingerprint density at radius 2 is 2.30 bits per heavy atom. The topological polar surface area (TPSA) is 41.3 Å². The van der Waals surface area contributed by atoms with E-state index < -0.39 is 0 Å². The van der Waals surface area contributed by atoms with Crippen LogP contribution in [0.1, 0.15) is 13.8 Å². The molecule has 3 N–H and O–H groups in total. The van der Waals surface area contributed by atoms with Crippen LogP contribution in [0.5, 0.6) is 0 Å². The highest BCUT2D eigenvalue weighted by Crippen LogP contribution is 2.07. The minimum Gasteiger partial charge on any atom is -0.314 e. The molecular formula is C7H17N3. The van der Waals surface area contributed by atoms with E-state index >= 15 is 0 Å². The second-order valence-corrected chi connectivity index (χ2v) is 3.25. The zero-order valence-corrected chi connectivity index (χ0v) is 6.80. The highest BCUT2D eigenvalue weighted by molar-refractivity contribution is 4.78. The van der Waals surface area contributed by atoms with E-state index in [0.717, 1.165) is 19.6 Å². The first kappa shape index (κ1) is 7.98. The molecule has 60 valence electrons. The van der Waals surface area contributed by atoms with Crippen molar-refractivity contribution in [2.24, 2.45) is 11.8 Å². The summed E-state index contributed by atoms with van der Waals surface area (Å²) < 4.78 is 0. The molecule has 3 nitrogen and oxygen atoms in total. The van der Waals surface area contributed by atoms with E-state index in [9.17, 15) is 0 Å². The van der Waals surface area contributed by atoms with E-state index in [-0.39, 0.29) is 0 Å². The molecule has 0 radical (unpaired) electrons. The zero-order chi connectivity index (χ0) is 7.56. The first-order chi connectivity index (χ1) is 4.72. The van der Waals surface area contributed by atoms with E-state index in [1.165, 1.54) is 0 Å². The van der Waals surface area contributed by atoms with Crippen LogP contribution in [0, 0.1) is 5.92 Å². The van der Waals surface area contributed by atoms with E-state index in [1.54, 1.807) is 0 Å². The minimum atomic E-state index is 0.522. The first-order valence-electron chi connectivity index (χ1n) is 3.94. The van der Waals surface area contributed by atoms with Gasteiger partial charge in [0.1, 0.15) is 0 Å². The monoisotopic (exact) mass is 143 g/mol. The zero-order valence-electron chi connectivity index (χ0n) is 6.80. The fraction of sp³-hybridized carbons (Fsp3) is 1.00. The lowest BCUT2D eigenvalue weighted by Gasteiger charge is -2.34. The van der Waals surface area contributed by atoms with Gasteiger partial charge in [-0.25, -0.2) is 5.01 Å². The summed E-state index contributed by atoms with van der Waals surface area (Å²) in [6.07, 6.45) is 0. The van der Waals surface area contributed by atoms with Gasteiger partial charge in [-0.05, 0) is 5.92 Å². The van der Waals surface area contributed by atoms with Crippen molar-refractivity contribution in [3.05, 3.63) is 0 Å². The summed E-state index contributed by atoms with van der Waals surface area (Å²) in [4.78, 5) is 0. The Balaban J connectivity index is 2.40. The van der Waals surface area contributed by atoms with Crippen LogP contribution in [-0.2, 0) is 0 Å². The third kappa shape index (κ3) is 1.68. The fourth-order valence-electron chi connectivity index (χ4n) is 1.36. The van der Waals surface area contributed by atoms with Gasteiger partial charge >= 0.3 is 0 Å². The summed E-state index contributed by atoms with van der Waals surface area (Å²) in [6, 6.07) is 0.522. The fourth-order valence-corrected chi connectivity index (χ4v) is 1.36. The van der Waals surface area contributed by atoms with Crippen molar-refractivity contribution in [3.63, 3.8) is 0 Å². The van der Waals surface area contributed by atoms with Crippen molar-refractivity contribution in [2.75, 3.05) is 19.6 Å². The van der Waals surface area contributed by atoms with Crippen LogP contribution in [0.2, 0.25) is 0 Å². The lowest BCUT2D eigenvalue weighted by molar-refractivity contribution is 0.126. The summed E-state index contributed by atoms with van der Waals surface area (Å²) in [5, 5.41) is 5.27. The van der Waals surface area contributed by atoms with Gasteiger partial charge in [-0.15, -0.1) is 0 Å². The van der Waals surface area contributed by atoms with Gasteiger partial charge < -0.3 is 5.32 Å². The molecule has 1 aliphatic rings. The average Bonchev–Trinajstić information content (AvgIpc) is 1.88. The summed E-state index contributed by atoms with van der Waals surface area (Å²) in [7, 11) is 0. The van der Waals surface area contributed by atoms with Crippen molar-refractivity contribution >= 4 is 0 Å². The summed E-state index contributed by atoms with van der Waals surface area (Å²) in [5.41, 5.74) is 0. The molecule has 0 saturated carbocycles. The maximum atomic E-state index is 5.77. The standard InChI is InChI=1S/C7H17N3/c1-6(2)7-5-9-3-4-10(7)8/h6-7,9H,3-5,8H2,1-2H3. The molecule has 0 amide bonds. The molecule has 0 spiro atoms. The molecule has 0 aromatic carbocycles. The van der Waals surface area contributed by atoms with Crippen LogP contribution in [0.25, 0.3) is 0 Å². The maximum Gasteiger partial charge on any atom is 0.0389 e. The number of nitrogens with one attached hydrogen (secondary N) is 1. The van der Waals surface area contributed by atoms with Gasteiger partial charge in [0.05, 0.1) is 0 Å². The number of hydrazine groups is 1. The molecule has 0 aliphatic carbocycles. The molecular weight excluding hydrogens is 126 g/mol. The lowest BCUT2D eigenvalue weighted by Crippen LogP contribution is -2.56. The molecule has 1 unspecified atom stereocenters. The molecule has 1 fully saturated rings. The van der Waals surface area contributed by atoms with E-state index in [0.29, 0.717) is 12.0 Å². The van der Waals surface area contributed by atoms with Crippen LogP contribution in [0.3, 0.4) is 0 Å². The molecule has 0 bridgehead atoms. The number of hydrogen-bond donors (Lipinski definition) is 2. The Hall–Kier alpha value is -0.120. The van der Waals surface area contributed by atoms with Gasteiger partial charge in [-0.3, -0.25) is 5.84 Å². The van der Waals surface area contributed by atoms with Crippen LogP contribution >= 0.6 is 0 Å². The third-order valence-corrected chi connectivity index (χ3v) is 2.10. The van der Waals surface area contributed by atoms with E-state index in [4.69, 9.17) is 5.84 Å². The summed E-state index contributed by atoms with van der Waals surface area (Å²) in [5.74, 6) is 6.42. The predicted molar refractivity (Wildman–Crippen MR) is 42.4 cm³/mol. The number of rotatable bonds is 1. The normalized spacial score (nSPS) is 29.4. The molecule has 0 aromatic heterocycles. The molecule has 3 heteroatoms. The van der Waals surface area contributed by atoms with Crippen LogP contribution in [0.4, 0.5) is 0 Å². The van der Waals surface area contributed by atoms with E-state index in [1.807, 2.05) is 5.01 Å². The first-order valence-corrected chi connectivity index (χ1v) is 3.94. The number of hydrogen-bond acceptors (Lipinski definition) is 3. The van der Waals surface area contributed by atoms with Crippen LogP contribution in [-0.4, -0.2) is 30.7 Å². The van der Waals surface area contributed by atoms with Crippen molar-refractivity contribution < 1.29 is 0 Å². The van der Waals surface area contributed by atoms with Gasteiger partial charge in [0, 0.05) is 25.7 Å². The Labute approximate surface area is 62.5 Å². The molecule has 1 atom stereocenters. The van der Waals surface area contributed by atoms with Crippen molar-refractivity contribution in [2.45, 2.75) is 19.9 Å². The Bertz CT molecular complexity index is 103. The third-order valence-electron chi connectivity index (χ3n) is 2.10. The maximum absolute atomic E-state index is 5.77. The molecule has 1 saturated heterocycles. The van der Waals surface area contributed by atoms with Crippen LogP contribution in [0.15, 0.2) is 0 Å². The predicted octanol–water partition coefficient (Wildman–Crippen LogP) is -0.210. The largest absolute Gasteiger partial charge is 0.314 e. The average molecular weight is 143 g/mol. The number of nitrogens with two attached hydrogens (primary N) is 1. The Morgan fingerprint density at radius 3 is 2.70 bits per heavy atom. The van der Waals surface area contributed by atoms with E-state index in [2.05, 4.69) is 19.2 Å². The second kappa shape index (κ2) is 3.32. The van der Waals surface area contributed by atoms with Crippen molar-refractivity contribution in [3.8, 4) is 0 Å². The summed E-state index contributed by atoms with van der Waals surface area (Å²) >= 11 is 0. The molecule has 10 heavy (non-hydrogen) atoms. The number of nitrogens with zero attached hydrogens (tertiary/aromatic N) is 1. The van der Waals surface area contributed by atoms with Gasteiger partial charge in [-0.1, -0.05) is 13.8 Å². The molecule has 1 rings (SSSR count). The van der Waals surface area contributed by atoms with Gasteiger partial charge in [0.2, 0.25) is 0 Å². The quantitative estimate of drug-likeness (QED) is 0.499. The van der Waals surface area contributed by atoms with Crippen molar-refractivity contribution in [1.29, 1.82) is 0 Å². The highest BCUT2D eigenvalue weighted by Gasteiger charge is 2.21. The van der Waals surface area contributed by atoms with Crippen molar-refractivity contribution in [1.82, 2.24) is 10.3 Å². The summed E-state index contributed by atoms with van der Waals surface area (Å²) in [6.45, 7) is 7.45.